The highest BCUT2D eigenvalue weighted by molar-refractivity contribution is 7.92. The minimum atomic E-state index is -3.95. The molecule has 1 heterocycles. The lowest BCUT2D eigenvalue weighted by atomic mass is 10.0. The molecule has 2 N–H and O–H groups in total. The van der Waals surface area contributed by atoms with Crippen molar-refractivity contribution in [2.24, 2.45) is 5.73 Å². The third kappa shape index (κ3) is 3.55. The molecule has 7 nitrogen and oxygen atoms in total. The van der Waals surface area contributed by atoms with Crippen molar-refractivity contribution in [3.63, 3.8) is 0 Å². The van der Waals surface area contributed by atoms with E-state index in [0.717, 1.165) is 0 Å². The van der Waals surface area contributed by atoms with Gasteiger partial charge in [-0.2, -0.15) is 9.57 Å². The summed E-state index contributed by atoms with van der Waals surface area (Å²) in [7, 11) is -7.22. The fourth-order valence-electron chi connectivity index (χ4n) is 2.84. The normalized spacial score (nSPS) is 23.7. The number of rotatable bonds is 5. The maximum absolute atomic E-state index is 13.0. The van der Waals surface area contributed by atoms with Gasteiger partial charge in [-0.15, -0.1) is 0 Å². The second kappa shape index (κ2) is 6.20. The molecule has 1 saturated heterocycles. The molecule has 0 aromatic heterocycles. The van der Waals surface area contributed by atoms with Crippen LogP contribution in [0.4, 0.5) is 0 Å². The van der Waals surface area contributed by atoms with Crippen molar-refractivity contribution < 1.29 is 16.8 Å². The van der Waals surface area contributed by atoms with E-state index in [2.05, 4.69) is 0 Å². The average molecular weight is 357 g/mol. The van der Waals surface area contributed by atoms with Crippen LogP contribution in [0.5, 0.6) is 0 Å². The van der Waals surface area contributed by atoms with Crippen LogP contribution in [-0.2, 0) is 19.9 Å². The fourth-order valence-corrected chi connectivity index (χ4v) is 6.93. The third-order valence-electron chi connectivity index (χ3n) is 3.97. The summed E-state index contributed by atoms with van der Waals surface area (Å²) in [5, 5.41) is 8.94. The molecular weight excluding hydrogens is 338 g/mol. The second-order valence-corrected chi connectivity index (χ2v) is 9.89. The van der Waals surface area contributed by atoms with Gasteiger partial charge in [0.1, 0.15) is 0 Å². The van der Waals surface area contributed by atoms with Gasteiger partial charge in [-0.1, -0.05) is 6.07 Å². The van der Waals surface area contributed by atoms with Crippen LogP contribution in [0.3, 0.4) is 0 Å². The summed E-state index contributed by atoms with van der Waals surface area (Å²) in [6.45, 7) is 1.72. The Morgan fingerprint density at radius 3 is 2.65 bits per heavy atom. The molecule has 1 aliphatic heterocycles. The molecule has 1 aliphatic rings. The molecule has 0 aliphatic carbocycles. The van der Waals surface area contributed by atoms with Crippen molar-refractivity contribution in [2.75, 3.05) is 24.6 Å². The van der Waals surface area contributed by atoms with Crippen molar-refractivity contribution in [3.05, 3.63) is 29.8 Å². The van der Waals surface area contributed by atoms with Crippen molar-refractivity contribution in [2.45, 2.75) is 23.8 Å². The van der Waals surface area contributed by atoms with E-state index in [-0.39, 0.29) is 41.5 Å². The minimum absolute atomic E-state index is 0.0190. The van der Waals surface area contributed by atoms with Crippen LogP contribution >= 0.6 is 0 Å². The number of nitrogens with two attached hydrogens (primary N) is 1. The zero-order chi connectivity index (χ0) is 17.3. The quantitative estimate of drug-likeness (QED) is 0.797. The van der Waals surface area contributed by atoms with Crippen molar-refractivity contribution in [1.29, 1.82) is 5.26 Å². The van der Waals surface area contributed by atoms with E-state index < -0.39 is 25.4 Å². The van der Waals surface area contributed by atoms with Gasteiger partial charge in [0.15, 0.2) is 9.84 Å². The third-order valence-corrected chi connectivity index (χ3v) is 7.91. The number of hydrogen-bond acceptors (Lipinski definition) is 6. The van der Waals surface area contributed by atoms with Crippen LogP contribution in [0.25, 0.3) is 0 Å². The Balaban J connectivity index is 2.50. The van der Waals surface area contributed by atoms with Crippen LogP contribution in [-0.4, -0.2) is 51.3 Å². The number of benzene rings is 1. The molecule has 1 atom stereocenters. The molecule has 23 heavy (non-hydrogen) atoms. The predicted molar refractivity (Wildman–Crippen MR) is 85.8 cm³/mol. The number of nitrogens with zero attached hydrogens (tertiary/aromatic N) is 2. The number of sulfonamides is 1. The summed E-state index contributed by atoms with van der Waals surface area (Å²) < 4.78 is 50.7. The van der Waals surface area contributed by atoms with Gasteiger partial charge in [0.05, 0.1) is 28.0 Å². The fraction of sp³-hybridized carbons (Fsp3) is 0.500. The Kier molecular flexibility index (Phi) is 4.82. The van der Waals surface area contributed by atoms with Gasteiger partial charge in [-0.05, 0) is 31.5 Å². The molecule has 1 aromatic carbocycles. The number of nitriles is 1. The van der Waals surface area contributed by atoms with Crippen molar-refractivity contribution >= 4 is 19.9 Å². The standard InChI is InChI=1S/C14H19N3O4S2/c1-14(5-8-22(18,19)11-14)17(7-6-15)23(20,21)13-4-2-3-12(9-13)10-16/h2-4,9H,5-8,11,15H2,1H3/t14-/m0/s1. The van der Waals surface area contributed by atoms with Gasteiger partial charge in [-0.3, -0.25) is 0 Å². The van der Waals surface area contributed by atoms with E-state index in [4.69, 9.17) is 11.0 Å². The maximum atomic E-state index is 13.0. The van der Waals surface area contributed by atoms with Crippen LogP contribution in [0, 0.1) is 11.3 Å². The Morgan fingerprint density at radius 2 is 2.13 bits per heavy atom. The zero-order valence-corrected chi connectivity index (χ0v) is 14.4. The van der Waals surface area contributed by atoms with E-state index in [1.165, 1.54) is 28.6 Å². The molecule has 0 bridgehead atoms. The van der Waals surface area contributed by atoms with Gasteiger partial charge in [0.2, 0.25) is 10.0 Å². The largest absolute Gasteiger partial charge is 0.329 e. The zero-order valence-electron chi connectivity index (χ0n) is 12.8. The van der Waals surface area contributed by atoms with Crippen molar-refractivity contribution in [1.82, 2.24) is 4.31 Å². The first-order valence-electron chi connectivity index (χ1n) is 7.08. The highest BCUT2D eigenvalue weighted by atomic mass is 32.2. The molecule has 0 amide bonds. The van der Waals surface area contributed by atoms with E-state index >= 15 is 0 Å². The van der Waals surface area contributed by atoms with Gasteiger partial charge < -0.3 is 5.73 Å². The monoisotopic (exact) mass is 357 g/mol. The summed E-state index contributed by atoms with van der Waals surface area (Å²) in [4.78, 5) is -0.0319. The summed E-state index contributed by atoms with van der Waals surface area (Å²) in [5.74, 6) is -0.268. The summed E-state index contributed by atoms with van der Waals surface area (Å²) in [6.07, 6.45) is 0.229. The average Bonchev–Trinajstić information content (AvgIpc) is 2.79. The molecular formula is C14H19N3O4S2. The Labute approximate surface area is 136 Å². The van der Waals surface area contributed by atoms with Crippen LogP contribution in [0.2, 0.25) is 0 Å². The Hall–Kier alpha value is -1.47. The lowest BCUT2D eigenvalue weighted by molar-refractivity contribution is 0.238. The van der Waals surface area contributed by atoms with Crippen molar-refractivity contribution in [3.8, 4) is 6.07 Å². The topological polar surface area (TPSA) is 121 Å². The SMILES string of the molecule is C[C@]1(N(CCN)S(=O)(=O)c2cccc(C#N)c2)CCS(=O)(=O)C1. The Bertz CT molecular complexity index is 843. The molecule has 1 fully saturated rings. The first-order valence-corrected chi connectivity index (χ1v) is 10.3. The first kappa shape index (κ1) is 17.9. The molecule has 0 unspecified atom stereocenters. The summed E-state index contributed by atoms with van der Waals surface area (Å²) in [5.41, 5.74) is 4.74. The smallest absolute Gasteiger partial charge is 0.243 e. The van der Waals surface area contributed by atoms with Crippen LogP contribution in [0.15, 0.2) is 29.2 Å². The number of sulfone groups is 1. The van der Waals surface area contributed by atoms with Gasteiger partial charge in [-0.25, -0.2) is 16.8 Å². The lowest BCUT2D eigenvalue weighted by Crippen LogP contribution is -2.52. The highest BCUT2D eigenvalue weighted by Gasteiger charge is 2.47. The van der Waals surface area contributed by atoms with E-state index in [1.807, 2.05) is 6.07 Å². The maximum Gasteiger partial charge on any atom is 0.243 e. The molecule has 1 aromatic rings. The summed E-state index contributed by atoms with van der Waals surface area (Å²) in [6, 6.07) is 7.57. The Morgan fingerprint density at radius 1 is 1.43 bits per heavy atom. The van der Waals surface area contributed by atoms with E-state index in [1.54, 1.807) is 6.92 Å². The molecule has 0 saturated carbocycles. The van der Waals surface area contributed by atoms with E-state index in [9.17, 15) is 16.8 Å². The first-order chi connectivity index (χ1) is 10.6. The molecule has 9 heteroatoms. The second-order valence-electron chi connectivity index (χ2n) is 5.84. The lowest BCUT2D eigenvalue weighted by Gasteiger charge is -2.36. The van der Waals surface area contributed by atoms with Gasteiger partial charge >= 0.3 is 0 Å². The van der Waals surface area contributed by atoms with Gasteiger partial charge in [0.25, 0.3) is 0 Å². The van der Waals surface area contributed by atoms with Gasteiger partial charge in [0, 0.05) is 18.6 Å². The molecule has 0 spiro atoms. The van der Waals surface area contributed by atoms with E-state index in [0.29, 0.717) is 0 Å². The highest BCUT2D eigenvalue weighted by Crippen LogP contribution is 2.33. The molecule has 2 rings (SSSR count). The molecule has 126 valence electrons. The predicted octanol–water partition coefficient (Wildman–Crippen LogP) is 0.0849. The van der Waals surface area contributed by atoms with Crippen LogP contribution < -0.4 is 5.73 Å². The minimum Gasteiger partial charge on any atom is -0.329 e. The summed E-state index contributed by atoms with van der Waals surface area (Å²) >= 11 is 0. The van der Waals surface area contributed by atoms with Crippen LogP contribution in [0.1, 0.15) is 18.9 Å². The number of hydrogen-bond donors (Lipinski definition) is 1. The molecule has 0 radical (unpaired) electrons.